The Hall–Kier alpha value is -6.25. The average Bonchev–Trinajstić information content (AvgIpc) is 3.47. The van der Waals surface area contributed by atoms with Gasteiger partial charge in [0, 0.05) is 37.9 Å². The molecule has 0 bridgehead atoms. The quantitative estimate of drug-likeness (QED) is 0.135. The maximum absolute atomic E-state index is 14.8. The van der Waals surface area contributed by atoms with Crippen molar-refractivity contribution >= 4 is 59.9 Å². The third kappa shape index (κ3) is 4.54. The van der Waals surface area contributed by atoms with E-state index in [9.17, 15) is 14.9 Å². The zero-order valence-corrected chi connectivity index (χ0v) is 30.1. The molecule has 0 saturated carbocycles. The molecule has 6 aromatic carbocycles. The highest BCUT2D eigenvalue weighted by Crippen LogP contribution is 2.39. The smallest absolute Gasteiger partial charge is 0.197 e. The van der Waals surface area contributed by atoms with Gasteiger partial charge >= 0.3 is 0 Å². The van der Waals surface area contributed by atoms with Gasteiger partial charge in [0.1, 0.15) is 0 Å². The van der Waals surface area contributed by atoms with E-state index < -0.39 is 0 Å². The summed E-state index contributed by atoms with van der Waals surface area (Å²) >= 11 is 0. The summed E-state index contributed by atoms with van der Waals surface area (Å²) < 4.78 is 4.31. The van der Waals surface area contributed by atoms with Gasteiger partial charge in [-0.15, -0.1) is 0 Å². The summed E-state index contributed by atoms with van der Waals surface area (Å²) in [6, 6.07) is 40.7. The Labute approximate surface area is 300 Å². The Bertz CT molecular complexity index is 2970. The first-order chi connectivity index (χ1) is 24.8. The van der Waals surface area contributed by atoms with Crippen molar-refractivity contribution in [2.75, 3.05) is 0 Å². The Kier molecular flexibility index (Phi) is 6.63. The van der Waals surface area contributed by atoms with E-state index in [2.05, 4.69) is 93.0 Å². The van der Waals surface area contributed by atoms with Crippen LogP contribution in [-0.4, -0.2) is 8.97 Å². The molecule has 0 aliphatic rings. The summed E-state index contributed by atoms with van der Waals surface area (Å²) in [5, 5.41) is 14.5. The molecule has 252 valence electrons. The monoisotopic (exact) mass is 675 g/mol. The molecule has 9 rings (SSSR count). The van der Waals surface area contributed by atoms with Crippen LogP contribution in [0.25, 0.3) is 76.7 Å². The molecule has 0 atom stereocenters. The molecule has 0 aliphatic carbocycles. The molecule has 0 unspecified atom stereocenters. The van der Waals surface area contributed by atoms with Crippen molar-refractivity contribution in [3.8, 4) is 22.9 Å². The lowest BCUT2D eigenvalue weighted by Crippen LogP contribution is -2.17. The predicted molar refractivity (Wildman–Crippen MR) is 216 cm³/mol. The maximum atomic E-state index is 14.8. The molecule has 0 spiro atoms. The number of nitriles is 1. The minimum atomic E-state index is -0.167. The minimum absolute atomic E-state index is 0.106. The second kappa shape index (κ2) is 10.9. The van der Waals surface area contributed by atoms with Crippen molar-refractivity contribution in [2.45, 2.75) is 52.4 Å². The number of para-hydroxylation sites is 2. The van der Waals surface area contributed by atoms with Crippen LogP contribution in [0.1, 0.15) is 58.2 Å². The second-order valence-electron chi connectivity index (χ2n) is 16.1. The van der Waals surface area contributed by atoms with Gasteiger partial charge in [-0.3, -0.25) is 9.59 Å². The van der Waals surface area contributed by atoms with Gasteiger partial charge in [-0.25, -0.2) is 0 Å². The molecular formula is C47H37N3O2. The van der Waals surface area contributed by atoms with Gasteiger partial charge in [-0.2, -0.15) is 5.26 Å². The molecule has 0 amide bonds. The lowest BCUT2D eigenvalue weighted by Gasteiger charge is -2.22. The molecule has 3 heterocycles. The summed E-state index contributed by atoms with van der Waals surface area (Å²) in [6.45, 7) is 12.9. The largest absolute Gasteiger partial charge is 0.309 e. The van der Waals surface area contributed by atoms with Crippen LogP contribution in [0.4, 0.5) is 0 Å². The Morgan fingerprint density at radius 3 is 1.50 bits per heavy atom. The van der Waals surface area contributed by atoms with E-state index in [-0.39, 0.29) is 21.7 Å². The molecule has 0 saturated heterocycles. The fourth-order valence-electron chi connectivity index (χ4n) is 8.01. The number of benzene rings is 6. The fourth-order valence-corrected chi connectivity index (χ4v) is 8.01. The zero-order chi connectivity index (χ0) is 36.3. The second-order valence-corrected chi connectivity index (χ2v) is 16.1. The molecule has 3 aromatic heterocycles. The number of hydrogen-bond acceptors (Lipinski definition) is 3. The van der Waals surface area contributed by atoms with E-state index >= 15 is 0 Å². The Balaban J connectivity index is 1.47. The van der Waals surface area contributed by atoms with Crippen molar-refractivity contribution in [1.82, 2.24) is 8.97 Å². The highest BCUT2D eigenvalue weighted by Gasteiger charge is 2.24. The molecule has 0 aliphatic heterocycles. The normalized spacial score (nSPS) is 12.6. The van der Waals surface area contributed by atoms with Crippen LogP contribution in [0.3, 0.4) is 0 Å². The zero-order valence-electron chi connectivity index (χ0n) is 30.1. The lowest BCUT2D eigenvalue weighted by atomic mass is 9.85. The molecule has 0 radical (unpaired) electrons. The van der Waals surface area contributed by atoms with Gasteiger partial charge in [0.2, 0.25) is 0 Å². The number of rotatable bonds is 2. The van der Waals surface area contributed by atoms with Crippen molar-refractivity contribution in [3.05, 3.63) is 152 Å². The average molecular weight is 676 g/mol. The third-order valence-electron chi connectivity index (χ3n) is 10.8. The van der Waals surface area contributed by atoms with Crippen LogP contribution in [0.2, 0.25) is 0 Å². The van der Waals surface area contributed by atoms with Crippen LogP contribution in [0.5, 0.6) is 0 Å². The Morgan fingerprint density at radius 2 is 1.02 bits per heavy atom. The maximum Gasteiger partial charge on any atom is 0.197 e. The number of pyridine rings is 2. The van der Waals surface area contributed by atoms with Gasteiger partial charge in [0.15, 0.2) is 10.9 Å². The fraction of sp³-hybridized carbons (Fsp3) is 0.170. The Morgan fingerprint density at radius 1 is 0.519 bits per heavy atom. The summed E-state index contributed by atoms with van der Waals surface area (Å²) in [7, 11) is 0. The van der Waals surface area contributed by atoms with Crippen molar-refractivity contribution in [2.24, 2.45) is 0 Å². The lowest BCUT2D eigenvalue weighted by molar-refractivity contribution is 0.591. The number of aromatic nitrogens is 2. The van der Waals surface area contributed by atoms with Crippen LogP contribution < -0.4 is 10.9 Å². The van der Waals surface area contributed by atoms with Gasteiger partial charge in [-0.1, -0.05) is 96.1 Å². The molecule has 5 nitrogen and oxygen atoms in total. The van der Waals surface area contributed by atoms with Gasteiger partial charge in [0.25, 0.3) is 0 Å². The van der Waals surface area contributed by atoms with E-state index in [0.717, 1.165) is 60.8 Å². The first-order valence-electron chi connectivity index (χ1n) is 17.7. The van der Waals surface area contributed by atoms with E-state index in [0.29, 0.717) is 32.6 Å². The van der Waals surface area contributed by atoms with E-state index in [1.165, 1.54) is 0 Å². The highest BCUT2D eigenvalue weighted by atomic mass is 16.1. The number of fused-ring (bicyclic) bond motifs is 7. The first kappa shape index (κ1) is 31.7. The van der Waals surface area contributed by atoms with Crippen LogP contribution in [0, 0.1) is 11.3 Å². The van der Waals surface area contributed by atoms with E-state index in [1.807, 2.05) is 78.9 Å². The third-order valence-corrected chi connectivity index (χ3v) is 10.8. The molecule has 9 aromatic rings. The molecule has 0 fully saturated rings. The molecular weight excluding hydrogens is 639 g/mol. The summed E-state index contributed by atoms with van der Waals surface area (Å²) in [6.07, 6.45) is 0. The van der Waals surface area contributed by atoms with Crippen LogP contribution in [0.15, 0.2) is 125 Å². The van der Waals surface area contributed by atoms with Crippen molar-refractivity contribution in [3.63, 3.8) is 0 Å². The number of nitrogens with zero attached hydrogens (tertiary/aromatic N) is 3. The first-order valence-corrected chi connectivity index (χ1v) is 17.7. The van der Waals surface area contributed by atoms with Gasteiger partial charge in [0.05, 0.1) is 44.9 Å². The minimum Gasteiger partial charge on any atom is -0.309 e. The van der Waals surface area contributed by atoms with Crippen LogP contribution >= 0.6 is 0 Å². The summed E-state index contributed by atoms with van der Waals surface area (Å²) in [5.74, 6) is 0. The summed E-state index contributed by atoms with van der Waals surface area (Å²) in [4.78, 5) is 29.6. The van der Waals surface area contributed by atoms with Crippen LogP contribution in [-0.2, 0) is 10.8 Å². The van der Waals surface area contributed by atoms with E-state index in [4.69, 9.17) is 0 Å². The predicted octanol–water partition coefficient (Wildman–Crippen LogP) is 10.8. The molecule has 0 N–H and O–H groups in total. The van der Waals surface area contributed by atoms with Gasteiger partial charge in [-0.05, 0) is 88.2 Å². The summed E-state index contributed by atoms with van der Waals surface area (Å²) in [5.41, 5.74) is 8.66. The van der Waals surface area contributed by atoms with E-state index in [1.54, 1.807) is 0 Å². The number of hydrogen-bond donors (Lipinski definition) is 0. The molecule has 52 heavy (non-hydrogen) atoms. The van der Waals surface area contributed by atoms with Crippen molar-refractivity contribution < 1.29 is 0 Å². The topological polar surface area (TPSA) is 67.3 Å². The highest BCUT2D eigenvalue weighted by molar-refractivity contribution is 6.12. The molecule has 5 heteroatoms. The SMILES string of the molecule is CC(C)(C)c1ccc2c(c1)c(=O)c1cc(-c3ccc(C#N)cc3-n3c4ccccc4c4ccccc43)cc3c(=O)c4cc(C(C)(C)C)ccc4n2c13. The van der Waals surface area contributed by atoms with Gasteiger partial charge < -0.3 is 8.97 Å². The van der Waals surface area contributed by atoms with Crippen molar-refractivity contribution in [1.29, 1.82) is 5.26 Å². The standard InChI is InChI=1S/C47H37N3O2/c1-46(2,3)29-16-19-40-34(24-29)44(51)36-22-28(23-37-43(36)50(40)41-20-17-30(47(4,5)6)25-35(41)45(37)52)31-18-15-27(26-48)21-42(31)49-38-13-9-7-11-32(38)33-12-8-10-14-39(33)49/h7-25H,1-6H3.